The van der Waals surface area contributed by atoms with Crippen molar-refractivity contribution in [1.82, 2.24) is 9.97 Å². The maximum atomic E-state index is 10.1. The first-order valence-electron chi connectivity index (χ1n) is 2.64. The summed E-state index contributed by atoms with van der Waals surface area (Å²) < 4.78 is 0. The Morgan fingerprint density at radius 1 is 1.50 bits per heavy atom. The van der Waals surface area contributed by atoms with Gasteiger partial charge in [-0.25, -0.2) is 4.98 Å². The van der Waals surface area contributed by atoms with Crippen LogP contribution in [0.5, 0.6) is 0 Å². The standard InChI is InChI=1S/C5H5N3O2/c1-4-5(8(9)10)7-3-2-6-4/h2-3H,1H3. The van der Waals surface area contributed by atoms with Gasteiger partial charge in [-0.15, -0.1) is 0 Å². The summed E-state index contributed by atoms with van der Waals surface area (Å²) in [5, 5.41) is 10.1. The van der Waals surface area contributed by atoms with E-state index in [0.29, 0.717) is 5.69 Å². The van der Waals surface area contributed by atoms with Crippen LogP contribution in [0.4, 0.5) is 5.82 Å². The quantitative estimate of drug-likeness (QED) is 0.424. The molecule has 0 amide bonds. The molecule has 0 saturated carbocycles. The van der Waals surface area contributed by atoms with Crippen molar-refractivity contribution in [3.63, 3.8) is 0 Å². The summed E-state index contributed by atoms with van der Waals surface area (Å²) >= 11 is 0. The van der Waals surface area contributed by atoms with E-state index in [1.807, 2.05) is 0 Å². The van der Waals surface area contributed by atoms with Crippen LogP contribution in [0.1, 0.15) is 5.69 Å². The van der Waals surface area contributed by atoms with Gasteiger partial charge in [0.05, 0.1) is 6.20 Å². The van der Waals surface area contributed by atoms with Crippen LogP contribution in [0.2, 0.25) is 0 Å². The molecular formula is C5H5N3O2. The molecule has 0 atom stereocenters. The van der Waals surface area contributed by atoms with E-state index in [1.165, 1.54) is 12.4 Å². The second kappa shape index (κ2) is 2.38. The first-order chi connectivity index (χ1) is 4.72. The first kappa shape index (κ1) is 6.60. The van der Waals surface area contributed by atoms with Gasteiger partial charge in [0, 0.05) is 0 Å². The Morgan fingerprint density at radius 2 is 2.10 bits per heavy atom. The van der Waals surface area contributed by atoms with Gasteiger partial charge >= 0.3 is 5.82 Å². The van der Waals surface area contributed by atoms with Gasteiger partial charge in [0.1, 0.15) is 5.69 Å². The lowest BCUT2D eigenvalue weighted by Gasteiger charge is -1.91. The van der Waals surface area contributed by atoms with Gasteiger partial charge in [-0.1, -0.05) is 0 Å². The molecule has 0 saturated heterocycles. The van der Waals surface area contributed by atoms with Crippen molar-refractivity contribution in [1.29, 1.82) is 0 Å². The fraction of sp³-hybridized carbons (Fsp3) is 0.200. The third-order valence-electron chi connectivity index (χ3n) is 1.03. The summed E-state index contributed by atoms with van der Waals surface area (Å²) in [4.78, 5) is 16.8. The molecule has 5 heteroatoms. The average Bonchev–Trinajstić information content (AvgIpc) is 1.88. The summed E-state index contributed by atoms with van der Waals surface area (Å²) in [5.41, 5.74) is 0.340. The molecule has 0 spiro atoms. The van der Waals surface area contributed by atoms with Crippen molar-refractivity contribution in [2.24, 2.45) is 0 Å². The SMILES string of the molecule is Cc1nccnc1[N+](=O)[O-]. The molecule has 1 aromatic heterocycles. The van der Waals surface area contributed by atoms with E-state index >= 15 is 0 Å². The smallest absolute Gasteiger partial charge is 0.358 e. The molecule has 0 aliphatic carbocycles. The third-order valence-corrected chi connectivity index (χ3v) is 1.03. The zero-order chi connectivity index (χ0) is 7.56. The Bertz CT molecular complexity index is 261. The topological polar surface area (TPSA) is 68.9 Å². The minimum atomic E-state index is -0.553. The number of nitrogens with zero attached hydrogens (tertiary/aromatic N) is 3. The highest BCUT2D eigenvalue weighted by Gasteiger charge is 2.09. The maximum Gasteiger partial charge on any atom is 0.384 e. The second-order valence-electron chi connectivity index (χ2n) is 1.72. The molecule has 0 N–H and O–H groups in total. The molecule has 5 nitrogen and oxygen atoms in total. The number of aromatic nitrogens is 2. The highest BCUT2D eigenvalue weighted by molar-refractivity contribution is 5.22. The third kappa shape index (κ3) is 1.07. The van der Waals surface area contributed by atoms with E-state index < -0.39 is 4.92 Å². The molecule has 0 radical (unpaired) electrons. The number of hydrogen-bond donors (Lipinski definition) is 0. The van der Waals surface area contributed by atoms with Crippen molar-refractivity contribution in [3.8, 4) is 0 Å². The summed E-state index contributed by atoms with van der Waals surface area (Å²) in [6.07, 6.45) is 2.72. The number of nitro groups is 1. The van der Waals surface area contributed by atoms with E-state index in [1.54, 1.807) is 6.92 Å². The number of rotatable bonds is 1. The molecule has 0 bridgehead atoms. The van der Waals surface area contributed by atoms with E-state index in [4.69, 9.17) is 0 Å². The van der Waals surface area contributed by atoms with E-state index in [2.05, 4.69) is 9.97 Å². The predicted molar refractivity (Wildman–Crippen MR) is 33.4 cm³/mol. The lowest BCUT2D eigenvalue weighted by atomic mass is 10.5. The van der Waals surface area contributed by atoms with Crippen LogP contribution in [-0.4, -0.2) is 14.9 Å². The average molecular weight is 139 g/mol. The molecule has 0 fully saturated rings. The zero-order valence-corrected chi connectivity index (χ0v) is 5.31. The number of hydrogen-bond acceptors (Lipinski definition) is 4. The summed E-state index contributed by atoms with van der Waals surface area (Å²) in [6, 6.07) is 0. The fourth-order valence-electron chi connectivity index (χ4n) is 0.579. The van der Waals surface area contributed by atoms with Gasteiger partial charge in [-0.3, -0.25) is 0 Å². The lowest BCUT2D eigenvalue weighted by Crippen LogP contribution is -1.95. The minimum absolute atomic E-state index is 0.178. The molecule has 1 heterocycles. The summed E-state index contributed by atoms with van der Waals surface area (Å²) in [5.74, 6) is -0.178. The minimum Gasteiger partial charge on any atom is -0.358 e. The molecule has 1 aromatic rings. The molecule has 10 heavy (non-hydrogen) atoms. The highest BCUT2D eigenvalue weighted by atomic mass is 16.6. The highest BCUT2D eigenvalue weighted by Crippen LogP contribution is 2.07. The van der Waals surface area contributed by atoms with Crippen LogP contribution in [-0.2, 0) is 0 Å². The van der Waals surface area contributed by atoms with Crippen LogP contribution >= 0.6 is 0 Å². The summed E-state index contributed by atoms with van der Waals surface area (Å²) in [7, 11) is 0. The van der Waals surface area contributed by atoms with Gasteiger partial charge in [-0.2, -0.15) is 0 Å². The van der Waals surface area contributed by atoms with Crippen LogP contribution in [0.15, 0.2) is 12.4 Å². The van der Waals surface area contributed by atoms with Gasteiger partial charge in [0.25, 0.3) is 0 Å². The molecule has 0 aromatic carbocycles. The summed E-state index contributed by atoms with van der Waals surface area (Å²) in [6.45, 7) is 1.55. The predicted octanol–water partition coefficient (Wildman–Crippen LogP) is 0.693. The van der Waals surface area contributed by atoms with Gasteiger partial charge in [-0.05, 0) is 16.8 Å². The van der Waals surface area contributed by atoms with Gasteiger partial charge in [0.15, 0.2) is 6.20 Å². The molecule has 0 unspecified atom stereocenters. The van der Waals surface area contributed by atoms with Gasteiger partial charge in [0.2, 0.25) is 0 Å². The van der Waals surface area contributed by atoms with Crippen molar-refractivity contribution in [2.45, 2.75) is 6.92 Å². The van der Waals surface area contributed by atoms with E-state index in [-0.39, 0.29) is 5.82 Å². The Morgan fingerprint density at radius 3 is 2.50 bits per heavy atom. The Kier molecular flexibility index (Phi) is 1.57. The van der Waals surface area contributed by atoms with Crippen LogP contribution < -0.4 is 0 Å². The molecule has 52 valence electrons. The Hall–Kier alpha value is -1.52. The lowest BCUT2D eigenvalue weighted by molar-refractivity contribution is -0.390. The first-order valence-corrected chi connectivity index (χ1v) is 2.64. The zero-order valence-electron chi connectivity index (χ0n) is 5.31. The Labute approximate surface area is 56.9 Å². The number of aryl methyl sites for hydroxylation is 1. The van der Waals surface area contributed by atoms with E-state index in [9.17, 15) is 10.1 Å². The van der Waals surface area contributed by atoms with Crippen LogP contribution in [0.3, 0.4) is 0 Å². The van der Waals surface area contributed by atoms with Crippen LogP contribution in [0, 0.1) is 17.0 Å². The van der Waals surface area contributed by atoms with Crippen molar-refractivity contribution < 1.29 is 4.92 Å². The van der Waals surface area contributed by atoms with E-state index in [0.717, 1.165) is 0 Å². The molecule has 1 rings (SSSR count). The maximum absolute atomic E-state index is 10.1. The van der Waals surface area contributed by atoms with Crippen molar-refractivity contribution in [2.75, 3.05) is 0 Å². The fourth-order valence-corrected chi connectivity index (χ4v) is 0.579. The molecule has 0 aliphatic rings. The monoisotopic (exact) mass is 139 g/mol. The van der Waals surface area contributed by atoms with Crippen molar-refractivity contribution in [3.05, 3.63) is 28.2 Å². The largest absolute Gasteiger partial charge is 0.384 e. The van der Waals surface area contributed by atoms with Crippen LogP contribution in [0.25, 0.3) is 0 Å². The molecular weight excluding hydrogens is 134 g/mol. The van der Waals surface area contributed by atoms with Gasteiger partial charge < -0.3 is 10.1 Å². The second-order valence-corrected chi connectivity index (χ2v) is 1.72. The Balaban J connectivity index is 3.15. The normalized spacial score (nSPS) is 9.30. The van der Waals surface area contributed by atoms with Crippen molar-refractivity contribution >= 4 is 5.82 Å². The molecule has 0 aliphatic heterocycles.